The molecule has 182 valence electrons. The lowest BCUT2D eigenvalue weighted by molar-refractivity contribution is -0.115. The minimum absolute atomic E-state index is 0.0580. The summed E-state index contributed by atoms with van der Waals surface area (Å²) in [6.07, 6.45) is 6.06. The molecule has 3 aromatic rings. The molecule has 5 nitrogen and oxygen atoms in total. The Morgan fingerprint density at radius 3 is 2.40 bits per heavy atom. The number of ether oxygens (including phenoxy) is 1. The van der Waals surface area contributed by atoms with Crippen LogP contribution in [0.15, 0.2) is 89.8 Å². The summed E-state index contributed by atoms with van der Waals surface area (Å²) in [5, 5.41) is 5.61. The summed E-state index contributed by atoms with van der Waals surface area (Å²) in [6, 6.07) is 24.7. The van der Waals surface area contributed by atoms with Gasteiger partial charge in [-0.05, 0) is 66.9 Å². The lowest BCUT2D eigenvalue weighted by atomic mass is 10.2. The van der Waals surface area contributed by atoms with Gasteiger partial charge in [0.1, 0.15) is 5.75 Å². The Kier molecular flexibility index (Phi) is 10.5. The fourth-order valence-electron chi connectivity index (χ4n) is 3.25. The molecule has 0 aliphatic rings. The summed E-state index contributed by atoms with van der Waals surface area (Å²) in [5.74, 6) is 0.538. The standard InChI is InChI=1S/C29H32N2O3S/c1-3-5-20-34-25-17-15-23(16-18-25)31-29(33)27(4-2)35-26-13-9-12-24(21-26)30-28(32)19-14-22-10-7-6-8-11-22/h6-19,21,27H,3-5,20H2,1-2H3,(H,30,32)(H,31,33)/b19-14+. The van der Waals surface area contributed by atoms with Crippen LogP contribution in [0.3, 0.4) is 0 Å². The van der Waals surface area contributed by atoms with Crippen molar-refractivity contribution in [2.45, 2.75) is 43.3 Å². The van der Waals surface area contributed by atoms with E-state index in [2.05, 4.69) is 17.6 Å². The van der Waals surface area contributed by atoms with E-state index in [9.17, 15) is 9.59 Å². The van der Waals surface area contributed by atoms with Crippen molar-refractivity contribution < 1.29 is 14.3 Å². The smallest absolute Gasteiger partial charge is 0.248 e. The fraction of sp³-hybridized carbons (Fsp3) is 0.241. The summed E-state index contributed by atoms with van der Waals surface area (Å²) >= 11 is 1.48. The van der Waals surface area contributed by atoms with Crippen LogP contribution < -0.4 is 15.4 Å². The zero-order chi connectivity index (χ0) is 24.9. The van der Waals surface area contributed by atoms with Crippen LogP contribution in [0.4, 0.5) is 11.4 Å². The normalized spacial score (nSPS) is 11.7. The molecule has 0 saturated heterocycles. The Hall–Kier alpha value is -3.51. The zero-order valence-corrected chi connectivity index (χ0v) is 21.0. The monoisotopic (exact) mass is 488 g/mol. The molecule has 0 fully saturated rings. The van der Waals surface area contributed by atoms with Crippen LogP contribution in [0.2, 0.25) is 0 Å². The van der Waals surface area contributed by atoms with Crippen molar-refractivity contribution in [3.8, 4) is 5.75 Å². The van der Waals surface area contributed by atoms with Gasteiger partial charge >= 0.3 is 0 Å². The molecule has 1 unspecified atom stereocenters. The van der Waals surface area contributed by atoms with Gasteiger partial charge in [-0.1, -0.05) is 56.7 Å². The molecule has 1 atom stereocenters. The first-order valence-electron chi connectivity index (χ1n) is 11.9. The quantitative estimate of drug-likeness (QED) is 0.163. The molecule has 0 heterocycles. The van der Waals surface area contributed by atoms with Gasteiger partial charge in [-0.15, -0.1) is 11.8 Å². The number of carbonyl (C=O) groups excluding carboxylic acids is 2. The van der Waals surface area contributed by atoms with Crippen molar-refractivity contribution in [3.05, 3.63) is 90.5 Å². The van der Waals surface area contributed by atoms with Gasteiger partial charge in [0.05, 0.1) is 11.9 Å². The molecular weight excluding hydrogens is 456 g/mol. The molecule has 3 rings (SSSR count). The maximum atomic E-state index is 12.9. The van der Waals surface area contributed by atoms with E-state index in [0.29, 0.717) is 18.7 Å². The minimum atomic E-state index is -0.264. The Bertz CT molecular complexity index is 1110. The fourth-order valence-corrected chi connectivity index (χ4v) is 4.26. The van der Waals surface area contributed by atoms with E-state index in [4.69, 9.17) is 4.74 Å². The minimum Gasteiger partial charge on any atom is -0.494 e. The number of nitrogens with one attached hydrogen (secondary N) is 2. The molecule has 0 aromatic heterocycles. The maximum absolute atomic E-state index is 12.9. The zero-order valence-electron chi connectivity index (χ0n) is 20.2. The number of unbranched alkanes of at least 4 members (excludes halogenated alkanes) is 1. The van der Waals surface area contributed by atoms with Gasteiger partial charge in [-0.25, -0.2) is 0 Å². The van der Waals surface area contributed by atoms with Gasteiger partial charge in [0.15, 0.2) is 0 Å². The molecule has 0 spiro atoms. The molecule has 0 bridgehead atoms. The van der Waals surface area contributed by atoms with Gasteiger partial charge in [0, 0.05) is 22.3 Å². The highest BCUT2D eigenvalue weighted by molar-refractivity contribution is 8.00. The van der Waals surface area contributed by atoms with Crippen LogP contribution in [0.25, 0.3) is 6.08 Å². The van der Waals surface area contributed by atoms with Gasteiger partial charge in [-0.3, -0.25) is 9.59 Å². The van der Waals surface area contributed by atoms with E-state index in [1.807, 2.05) is 85.8 Å². The molecule has 2 N–H and O–H groups in total. The first kappa shape index (κ1) is 26.1. The average Bonchev–Trinajstić information content (AvgIpc) is 2.88. The number of benzene rings is 3. The third-order valence-corrected chi connectivity index (χ3v) is 6.52. The lowest BCUT2D eigenvalue weighted by Gasteiger charge is -2.16. The Morgan fingerprint density at radius 2 is 1.69 bits per heavy atom. The van der Waals surface area contributed by atoms with Crippen LogP contribution in [0.1, 0.15) is 38.7 Å². The van der Waals surface area contributed by atoms with Crippen molar-refractivity contribution in [1.82, 2.24) is 0 Å². The predicted octanol–water partition coefficient (Wildman–Crippen LogP) is 7.03. The van der Waals surface area contributed by atoms with Crippen LogP contribution in [-0.4, -0.2) is 23.7 Å². The number of carbonyl (C=O) groups is 2. The highest BCUT2D eigenvalue weighted by atomic mass is 32.2. The van der Waals surface area contributed by atoms with E-state index in [1.54, 1.807) is 6.08 Å². The first-order chi connectivity index (χ1) is 17.1. The Labute approximate surface area is 212 Å². The highest BCUT2D eigenvalue weighted by Crippen LogP contribution is 2.29. The number of amides is 2. The van der Waals surface area contributed by atoms with Gasteiger partial charge < -0.3 is 15.4 Å². The van der Waals surface area contributed by atoms with E-state index in [-0.39, 0.29) is 17.1 Å². The van der Waals surface area contributed by atoms with Crippen molar-refractivity contribution in [1.29, 1.82) is 0 Å². The van der Waals surface area contributed by atoms with E-state index in [0.717, 1.165) is 34.7 Å². The van der Waals surface area contributed by atoms with E-state index >= 15 is 0 Å². The summed E-state index contributed by atoms with van der Waals surface area (Å²) in [6.45, 7) is 4.81. The second-order valence-electron chi connectivity index (χ2n) is 7.99. The van der Waals surface area contributed by atoms with Crippen LogP contribution in [-0.2, 0) is 9.59 Å². The summed E-state index contributed by atoms with van der Waals surface area (Å²) in [5.41, 5.74) is 2.39. The predicted molar refractivity (Wildman–Crippen MR) is 146 cm³/mol. The Balaban J connectivity index is 1.55. The molecule has 0 aliphatic heterocycles. The first-order valence-corrected chi connectivity index (χ1v) is 12.8. The maximum Gasteiger partial charge on any atom is 0.248 e. The van der Waals surface area contributed by atoms with Crippen LogP contribution in [0, 0.1) is 0 Å². The molecule has 0 radical (unpaired) electrons. The number of anilines is 2. The second-order valence-corrected chi connectivity index (χ2v) is 9.27. The van der Waals surface area contributed by atoms with Crippen molar-refractivity contribution >= 4 is 41.0 Å². The van der Waals surface area contributed by atoms with Crippen LogP contribution in [0.5, 0.6) is 5.75 Å². The molecule has 0 saturated carbocycles. The second kappa shape index (κ2) is 14.0. The van der Waals surface area contributed by atoms with E-state index in [1.165, 1.54) is 17.8 Å². The number of hydrogen-bond acceptors (Lipinski definition) is 4. The van der Waals surface area contributed by atoms with Crippen molar-refractivity contribution in [2.24, 2.45) is 0 Å². The average molecular weight is 489 g/mol. The lowest BCUT2D eigenvalue weighted by Crippen LogP contribution is -2.24. The molecule has 0 aliphatic carbocycles. The third kappa shape index (κ3) is 8.98. The summed E-state index contributed by atoms with van der Waals surface area (Å²) in [7, 11) is 0. The third-order valence-electron chi connectivity index (χ3n) is 5.16. The molecule has 3 aromatic carbocycles. The number of thioether (sulfide) groups is 1. The van der Waals surface area contributed by atoms with E-state index < -0.39 is 0 Å². The van der Waals surface area contributed by atoms with Gasteiger partial charge in [0.2, 0.25) is 11.8 Å². The molecular formula is C29H32N2O3S. The summed E-state index contributed by atoms with van der Waals surface area (Å²) < 4.78 is 5.68. The van der Waals surface area contributed by atoms with Crippen molar-refractivity contribution in [3.63, 3.8) is 0 Å². The Morgan fingerprint density at radius 1 is 0.914 bits per heavy atom. The number of rotatable bonds is 12. The number of hydrogen-bond donors (Lipinski definition) is 2. The molecule has 2 amide bonds. The van der Waals surface area contributed by atoms with Crippen LogP contribution >= 0.6 is 11.8 Å². The largest absolute Gasteiger partial charge is 0.494 e. The molecule has 6 heteroatoms. The topological polar surface area (TPSA) is 67.4 Å². The molecule has 35 heavy (non-hydrogen) atoms. The van der Waals surface area contributed by atoms with Crippen molar-refractivity contribution in [2.75, 3.05) is 17.2 Å². The van der Waals surface area contributed by atoms with Gasteiger partial charge in [-0.2, -0.15) is 0 Å². The highest BCUT2D eigenvalue weighted by Gasteiger charge is 2.18. The SMILES string of the molecule is CCCCOc1ccc(NC(=O)C(CC)Sc2cccc(NC(=O)/C=C/c3ccccc3)c2)cc1. The van der Waals surface area contributed by atoms with Gasteiger partial charge in [0.25, 0.3) is 0 Å². The summed E-state index contributed by atoms with van der Waals surface area (Å²) in [4.78, 5) is 26.1.